The second-order valence-electron chi connectivity index (χ2n) is 7.70. The third-order valence-electron chi connectivity index (χ3n) is 6.49. The van der Waals surface area contributed by atoms with E-state index < -0.39 is 0 Å². The van der Waals surface area contributed by atoms with Gasteiger partial charge in [0.05, 0.1) is 17.5 Å². The maximum Gasteiger partial charge on any atom is 0.254 e. The average Bonchev–Trinajstić information content (AvgIpc) is 3.15. The zero-order valence-corrected chi connectivity index (χ0v) is 14.4. The van der Waals surface area contributed by atoms with E-state index in [1.807, 2.05) is 25.1 Å². The van der Waals surface area contributed by atoms with Crippen molar-refractivity contribution < 1.29 is 4.79 Å². The Morgan fingerprint density at radius 1 is 1.36 bits per heavy atom. The molecule has 0 unspecified atom stereocenters. The molecule has 0 radical (unpaired) electrons. The van der Waals surface area contributed by atoms with Crippen LogP contribution in [0, 0.1) is 30.1 Å². The van der Waals surface area contributed by atoms with Crippen LogP contribution in [0.25, 0.3) is 5.82 Å². The van der Waals surface area contributed by atoms with Crippen molar-refractivity contribution in [3.05, 3.63) is 54.0 Å². The maximum absolute atomic E-state index is 12.6. The largest absolute Gasteiger partial charge is 0.352 e. The molecule has 1 N–H and O–H groups in total. The molecule has 3 aliphatic carbocycles. The minimum Gasteiger partial charge on any atom is -0.352 e. The highest BCUT2D eigenvalue weighted by Crippen LogP contribution is 2.69. The summed E-state index contributed by atoms with van der Waals surface area (Å²) in [5.41, 5.74) is 2.03. The van der Waals surface area contributed by atoms with Crippen molar-refractivity contribution in [3.8, 4) is 5.82 Å². The van der Waals surface area contributed by atoms with Crippen LogP contribution in [0.4, 0.5) is 0 Å². The van der Waals surface area contributed by atoms with E-state index in [2.05, 4.69) is 27.6 Å². The van der Waals surface area contributed by atoms with Crippen molar-refractivity contribution in [2.75, 3.05) is 6.54 Å². The Labute approximate surface area is 147 Å². The Hall–Kier alpha value is -2.43. The van der Waals surface area contributed by atoms with Crippen molar-refractivity contribution >= 4 is 5.91 Å². The van der Waals surface area contributed by atoms with Crippen LogP contribution in [0.2, 0.25) is 0 Å². The lowest BCUT2D eigenvalue weighted by molar-refractivity contribution is 0.0943. The summed E-state index contributed by atoms with van der Waals surface area (Å²) in [5, 5.41) is 7.49. The smallest absolute Gasteiger partial charge is 0.254 e. The van der Waals surface area contributed by atoms with Crippen molar-refractivity contribution in [1.29, 1.82) is 0 Å². The molecule has 1 spiro atoms. The highest BCUT2D eigenvalue weighted by molar-refractivity contribution is 5.95. The summed E-state index contributed by atoms with van der Waals surface area (Å²) in [7, 11) is 0. The van der Waals surface area contributed by atoms with Crippen LogP contribution < -0.4 is 5.32 Å². The fourth-order valence-electron chi connectivity index (χ4n) is 5.02. The standard InChI is InChI=1S/C20H22N4O/c1-13-16(12-23-24(13)18-4-2-3-9-21-18)19(25)22-11-14-10-15-5-6-17(14)20(15)7-8-20/h2-6,9,12,14-15,17H,7-8,10-11H2,1H3,(H,22,25)/t14-,15-,17-/m1/s1. The zero-order chi connectivity index (χ0) is 17.0. The van der Waals surface area contributed by atoms with E-state index in [1.54, 1.807) is 17.1 Å². The molecular formula is C20H22N4O. The van der Waals surface area contributed by atoms with E-state index in [1.165, 1.54) is 19.3 Å². The van der Waals surface area contributed by atoms with Crippen molar-refractivity contribution in [2.24, 2.45) is 23.2 Å². The Bertz CT molecular complexity index is 850. The molecule has 2 bridgehead atoms. The van der Waals surface area contributed by atoms with E-state index >= 15 is 0 Å². The van der Waals surface area contributed by atoms with Gasteiger partial charge in [0.15, 0.2) is 5.82 Å². The summed E-state index contributed by atoms with van der Waals surface area (Å²) in [6, 6.07) is 5.67. The van der Waals surface area contributed by atoms with Crippen molar-refractivity contribution in [3.63, 3.8) is 0 Å². The van der Waals surface area contributed by atoms with Crippen LogP contribution in [0.1, 0.15) is 35.3 Å². The first-order valence-electron chi connectivity index (χ1n) is 9.11. The van der Waals surface area contributed by atoms with Gasteiger partial charge in [0.2, 0.25) is 0 Å². The van der Waals surface area contributed by atoms with E-state index in [0.717, 1.165) is 24.0 Å². The Balaban J connectivity index is 1.28. The first kappa shape index (κ1) is 14.9. The molecule has 128 valence electrons. The van der Waals surface area contributed by atoms with Gasteiger partial charge in [0.25, 0.3) is 5.91 Å². The summed E-state index contributed by atoms with van der Waals surface area (Å²) in [6.07, 6.45) is 12.2. The molecule has 1 amide bonds. The van der Waals surface area contributed by atoms with Crippen LogP contribution in [0.15, 0.2) is 42.7 Å². The van der Waals surface area contributed by atoms with Crippen LogP contribution in [0.5, 0.6) is 0 Å². The van der Waals surface area contributed by atoms with Gasteiger partial charge < -0.3 is 5.32 Å². The Morgan fingerprint density at radius 3 is 2.96 bits per heavy atom. The number of nitrogens with one attached hydrogen (secondary N) is 1. The fraction of sp³-hybridized carbons (Fsp3) is 0.450. The molecule has 5 heteroatoms. The summed E-state index contributed by atoms with van der Waals surface area (Å²) in [6.45, 7) is 2.68. The quantitative estimate of drug-likeness (QED) is 0.875. The van der Waals surface area contributed by atoms with E-state index in [9.17, 15) is 4.79 Å². The first-order valence-corrected chi connectivity index (χ1v) is 9.11. The monoisotopic (exact) mass is 334 g/mol. The van der Waals surface area contributed by atoms with Crippen LogP contribution in [0.3, 0.4) is 0 Å². The molecule has 0 saturated heterocycles. The highest BCUT2D eigenvalue weighted by Gasteiger charge is 2.62. The van der Waals surface area contributed by atoms with Crippen molar-refractivity contribution in [1.82, 2.24) is 20.1 Å². The fourth-order valence-corrected chi connectivity index (χ4v) is 5.02. The third kappa shape index (κ3) is 2.18. The topological polar surface area (TPSA) is 59.8 Å². The normalized spacial score (nSPS) is 27.8. The lowest BCUT2D eigenvalue weighted by Gasteiger charge is -2.20. The highest BCUT2D eigenvalue weighted by atomic mass is 16.1. The molecule has 5 nitrogen and oxygen atoms in total. The molecule has 2 fully saturated rings. The number of pyridine rings is 1. The van der Waals surface area contributed by atoms with Gasteiger partial charge in [0, 0.05) is 12.7 Å². The lowest BCUT2D eigenvalue weighted by atomic mass is 9.89. The molecule has 2 saturated carbocycles. The van der Waals surface area contributed by atoms with E-state index in [0.29, 0.717) is 22.8 Å². The molecule has 2 heterocycles. The zero-order valence-electron chi connectivity index (χ0n) is 14.4. The van der Waals surface area contributed by atoms with Gasteiger partial charge >= 0.3 is 0 Å². The second kappa shape index (κ2) is 5.28. The van der Waals surface area contributed by atoms with Gasteiger partial charge in [-0.3, -0.25) is 4.79 Å². The minimum absolute atomic E-state index is 0.0312. The predicted octanol–water partition coefficient (Wildman–Crippen LogP) is 2.91. The van der Waals surface area contributed by atoms with Gasteiger partial charge in [-0.25, -0.2) is 9.67 Å². The summed E-state index contributed by atoms with van der Waals surface area (Å²) < 4.78 is 1.72. The molecule has 2 aromatic rings. The van der Waals surface area contributed by atoms with E-state index in [4.69, 9.17) is 0 Å². The number of amides is 1. The number of allylic oxidation sites excluding steroid dienone is 2. The Kier molecular flexibility index (Phi) is 3.14. The number of carbonyl (C=O) groups excluding carboxylic acids is 1. The van der Waals surface area contributed by atoms with Crippen LogP contribution >= 0.6 is 0 Å². The number of aromatic nitrogens is 3. The summed E-state index contributed by atoms with van der Waals surface area (Å²) in [4.78, 5) is 16.9. The number of nitrogens with zero attached hydrogens (tertiary/aromatic N) is 3. The lowest BCUT2D eigenvalue weighted by Crippen LogP contribution is -2.31. The van der Waals surface area contributed by atoms with Gasteiger partial charge in [-0.05, 0) is 61.5 Å². The van der Waals surface area contributed by atoms with Gasteiger partial charge in [0.1, 0.15) is 0 Å². The van der Waals surface area contributed by atoms with Gasteiger partial charge in [-0.15, -0.1) is 0 Å². The molecule has 3 atom stereocenters. The Morgan fingerprint density at radius 2 is 2.24 bits per heavy atom. The maximum atomic E-state index is 12.6. The molecular weight excluding hydrogens is 312 g/mol. The van der Waals surface area contributed by atoms with Gasteiger partial charge in [-0.1, -0.05) is 18.2 Å². The van der Waals surface area contributed by atoms with Crippen molar-refractivity contribution in [2.45, 2.75) is 26.2 Å². The molecule has 5 rings (SSSR count). The SMILES string of the molecule is Cc1c(C(=O)NC[C@H]2C[C@H]3C=C[C@H]2C32CC2)cnn1-c1ccccn1. The predicted molar refractivity (Wildman–Crippen MR) is 94.3 cm³/mol. The van der Waals surface area contributed by atoms with Gasteiger partial charge in [-0.2, -0.15) is 5.10 Å². The second-order valence-corrected chi connectivity index (χ2v) is 7.70. The number of carbonyl (C=O) groups is 1. The van der Waals surface area contributed by atoms with E-state index in [-0.39, 0.29) is 5.91 Å². The van der Waals surface area contributed by atoms with Crippen LogP contribution in [-0.2, 0) is 0 Å². The summed E-state index contributed by atoms with van der Waals surface area (Å²) >= 11 is 0. The average molecular weight is 334 g/mol. The molecule has 0 aliphatic heterocycles. The molecule has 3 aliphatic rings. The number of hydrogen-bond acceptors (Lipinski definition) is 3. The number of rotatable bonds is 4. The third-order valence-corrected chi connectivity index (χ3v) is 6.49. The molecule has 0 aromatic carbocycles. The van der Waals surface area contributed by atoms with Crippen LogP contribution in [-0.4, -0.2) is 27.2 Å². The molecule has 2 aromatic heterocycles. The summed E-state index contributed by atoms with van der Waals surface area (Å²) in [5.74, 6) is 2.72. The molecule has 25 heavy (non-hydrogen) atoms. The number of hydrogen-bond donors (Lipinski definition) is 1. The first-order chi connectivity index (χ1) is 12.2. The minimum atomic E-state index is -0.0312.